The van der Waals surface area contributed by atoms with Gasteiger partial charge in [0.05, 0.1) is 0 Å². The highest BCUT2D eigenvalue weighted by Gasteiger charge is 2.83. The lowest BCUT2D eigenvalue weighted by molar-refractivity contribution is -0.370. The van der Waals surface area contributed by atoms with E-state index in [0.29, 0.717) is 24.3 Å². The van der Waals surface area contributed by atoms with Gasteiger partial charge in [-0.2, -0.15) is 70.2 Å². The molecule has 0 aromatic heterocycles. The number of halogens is 25. The van der Waals surface area contributed by atoms with Gasteiger partial charge in [-0.25, -0.2) is 39.7 Å². The van der Waals surface area contributed by atoms with Crippen LogP contribution in [0.4, 0.5) is 105 Å². The lowest BCUT2D eigenvalue weighted by atomic mass is 9.96. The molecular weight excluding hydrogens is 851 g/mol. The number of hydrogen-bond donors (Lipinski definition) is 0. The zero-order valence-corrected chi connectivity index (χ0v) is 25.1. The van der Waals surface area contributed by atoms with E-state index in [1.165, 1.54) is 0 Å². The summed E-state index contributed by atoms with van der Waals surface area (Å²) in [6.45, 7) is 0. The molecule has 0 saturated carbocycles. The van der Waals surface area contributed by atoms with Crippen molar-refractivity contribution in [1.29, 1.82) is 0 Å². The van der Waals surface area contributed by atoms with Gasteiger partial charge in [-0.15, -0.1) is 0 Å². The van der Waals surface area contributed by atoms with Gasteiger partial charge in [-0.3, -0.25) is 9.05 Å². The van der Waals surface area contributed by atoms with Crippen LogP contribution in [0.1, 0.15) is 5.56 Å². The lowest BCUT2D eigenvalue weighted by Gasteiger charge is -2.42. The third kappa shape index (κ3) is 8.42. The van der Waals surface area contributed by atoms with Crippen LogP contribution in [-0.2, 0) is 18.1 Å². The molecule has 0 aliphatic rings. The molecule has 0 fully saturated rings. The van der Waals surface area contributed by atoms with E-state index in [1.807, 2.05) is 0 Å². The van der Waals surface area contributed by atoms with E-state index in [9.17, 15) is 110 Å². The molecule has 0 N–H and O–H groups in total. The van der Waals surface area contributed by atoms with Crippen LogP contribution in [0.2, 0.25) is 0 Å². The Morgan fingerprint density at radius 3 is 0.962 bits per heavy atom. The molecule has 0 unspecified atom stereocenters. The Morgan fingerprint density at radius 1 is 0.500 bits per heavy atom. The summed E-state index contributed by atoms with van der Waals surface area (Å²) in [7, 11) is -8.74. The van der Waals surface area contributed by atoms with Crippen LogP contribution in [-0.4, -0.2) is 85.3 Å². The monoisotopic (exact) mass is 862 g/mol. The molecule has 304 valence electrons. The summed E-state index contributed by atoms with van der Waals surface area (Å²) in [5, 5.41) is 0. The van der Waals surface area contributed by atoms with Crippen LogP contribution in [0.15, 0.2) is 35.9 Å². The van der Waals surface area contributed by atoms with Crippen molar-refractivity contribution in [2.24, 2.45) is 0 Å². The van der Waals surface area contributed by atoms with Crippen molar-refractivity contribution in [1.82, 2.24) is 0 Å². The van der Waals surface area contributed by atoms with Gasteiger partial charge in [0.15, 0.2) is 0 Å². The highest BCUT2D eigenvalue weighted by Crippen LogP contribution is 2.65. The number of benzene rings is 1. The highest BCUT2D eigenvalue weighted by molar-refractivity contribution is 7.48. The summed E-state index contributed by atoms with van der Waals surface area (Å²) in [4.78, 5) is 0. The summed E-state index contributed by atoms with van der Waals surface area (Å²) in [6, 6.07) is 3.22. The second-order valence-corrected chi connectivity index (χ2v) is 11.3. The summed E-state index contributed by atoms with van der Waals surface area (Å²) >= 11 is 5.11. The predicted octanol–water partition coefficient (Wildman–Crippen LogP) is 11.3. The van der Waals surface area contributed by atoms with E-state index in [1.54, 1.807) is 0 Å². The minimum Gasteiger partial charge on any atom is -0.402 e. The Kier molecular flexibility index (Phi) is 14.0. The Labute approximate surface area is 276 Å². The Bertz CT molecular complexity index is 1280. The SMILES string of the molecule is O=P(OC(=CCl)c1ccccc1)(OC(C(F)(F)C(F)(F)C(F)F)C(F)(F)C(F)(F)C(F)F)OC(C(F)(F)C(F)(F)C(F)F)C(F)(F)C(F)(F)C(F)F. The van der Waals surface area contributed by atoms with Crippen LogP contribution in [0.3, 0.4) is 0 Å². The van der Waals surface area contributed by atoms with Crippen molar-refractivity contribution < 1.29 is 124 Å². The largest absolute Gasteiger partial charge is 0.531 e. The molecule has 4 nitrogen and oxygen atoms in total. The van der Waals surface area contributed by atoms with E-state index in [-0.39, 0.29) is 0 Å². The van der Waals surface area contributed by atoms with Crippen molar-refractivity contribution in [3.8, 4) is 0 Å². The Balaban J connectivity index is 4.49. The smallest absolute Gasteiger partial charge is 0.402 e. The number of hydrogen-bond acceptors (Lipinski definition) is 4. The van der Waals surface area contributed by atoms with Gasteiger partial charge in [0, 0.05) is 11.1 Å². The molecule has 30 heteroatoms. The number of phosphoric ester groups is 1. The van der Waals surface area contributed by atoms with Crippen LogP contribution >= 0.6 is 19.4 Å². The van der Waals surface area contributed by atoms with Gasteiger partial charge in [0.25, 0.3) is 0 Å². The average Bonchev–Trinajstić information content (AvgIpc) is 3.00. The molecule has 0 aliphatic heterocycles. The second-order valence-electron chi connectivity index (χ2n) is 9.54. The van der Waals surface area contributed by atoms with E-state index < -0.39 is 110 Å². The third-order valence-corrected chi connectivity index (χ3v) is 7.58. The quantitative estimate of drug-likeness (QED) is 0.0790. The van der Waals surface area contributed by atoms with Gasteiger partial charge < -0.3 is 4.52 Å². The minimum atomic E-state index is -8.74. The minimum absolute atomic E-state index is 0.436. The van der Waals surface area contributed by atoms with Crippen LogP contribution in [0, 0.1) is 0 Å². The topological polar surface area (TPSA) is 44.8 Å². The Hall–Kier alpha value is -2.48. The molecule has 0 amide bonds. The van der Waals surface area contributed by atoms with Gasteiger partial charge in [-0.05, 0) is 0 Å². The first-order valence-electron chi connectivity index (χ1n) is 12.2. The highest BCUT2D eigenvalue weighted by atomic mass is 35.5. The van der Waals surface area contributed by atoms with Crippen LogP contribution in [0.5, 0.6) is 0 Å². The maximum atomic E-state index is 14.7. The van der Waals surface area contributed by atoms with Crippen molar-refractivity contribution in [3.05, 3.63) is 41.4 Å². The van der Waals surface area contributed by atoms with Gasteiger partial charge in [0.2, 0.25) is 12.2 Å². The normalized spacial score (nSPS) is 15.6. The molecule has 0 saturated heterocycles. The first kappa shape index (κ1) is 47.5. The molecule has 0 spiro atoms. The fourth-order valence-electron chi connectivity index (χ4n) is 3.19. The third-order valence-electron chi connectivity index (χ3n) is 6.03. The maximum Gasteiger partial charge on any atom is 0.531 e. The molecule has 0 heterocycles. The molecule has 0 atom stereocenters. The molecule has 0 aliphatic carbocycles. The summed E-state index contributed by atoms with van der Waals surface area (Å²) in [6.07, 6.45) is -38.3. The van der Waals surface area contributed by atoms with Crippen LogP contribution < -0.4 is 0 Å². The van der Waals surface area contributed by atoms with Gasteiger partial charge in [0.1, 0.15) is 5.76 Å². The molecule has 52 heavy (non-hydrogen) atoms. The fourth-order valence-corrected chi connectivity index (χ4v) is 5.00. The average molecular weight is 863 g/mol. The standard InChI is InChI=1S/C22H12ClF24O4P/c23-6-8(7-4-2-1-3-5-7)49-52(48,50-9(15(32,33)19(40,41)11(24)25)16(34,35)20(42,43)12(26)27)51-10(17(36,37)21(44,45)13(28)29)18(38,39)22(46,47)14(30)31/h1-6,9-14H. The van der Waals surface area contributed by atoms with Gasteiger partial charge in [-0.1, -0.05) is 41.9 Å². The second kappa shape index (κ2) is 15.3. The van der Waals surface area contributed by atoms with Crippen LogP contribution in [0.25, 0.3) is 5.76 Å². The summed E-state index contributed by atoms with van der Waals surface area (Å²) in [5.41, 5.74) is -1.59. The summed E-state index contributed by atoms with van der Waals surface area (Å²) in [5.74, 6) is -65.0. The molecule has 1 aromatic rings. The number of alkyl halides is 24. The zero-order valence-electron chi connectivity index (χ0n) is 23.5. The van der Waals surface area contributed by atoms with Crippen molar-refractivity contribution in [2.75, 3.05) is 0 Å². The number of phosphoric acid groups is 1. The van der Waals surface area contributed by atoms with Gasteiger partial charge >= 0.3 is 80.9 Å². The maximum absolute atomic E-state index is 14.7. The number of rotatable bonds is 19. The van der Waals surface area contributed by atoms with Crippen molar-refractivity contribution in [3.63, 3.8) is 0 Å². The molecular formula is C22H12ClF24O4P. The van der Waals surface area contributed by atoms with E-state index in [0.717, 1.165) is 6.07 Å². The first-order chi connectivity index (χ1) is 23.0. The van der Waals surface area contributed by atoms with E-state index >= 15 is 0 Å². The molecule has 0 radical (unpaired) electrons. The zero-order chi connectivity index (χ0) is 41.5. The van der Waals surface area contributed by atoms with Crippen molar-refractivity contribution >= 4 is 25.2 Å². The molecule has 1 aromatic carbocycles. The summed E-state index contributed by atoms with van der Waals surface area (Å²) < 4.78 is 353. The molecule has 0 bridgehead atoms. The van der Waals surface area contributed by atoms with E-state index in [4.69, 9.17) is 11.6 Å². The lowest BCUT2D eigenvalue weighted by Crippen LogP contribution is -2.67. The fraction of sp³-hybridized carbons (Fsp3) is 0.636. The van der Waals surface area contributed by atoms with Crippen molar-refractivity contribution in [2.45, 2.75) is 85.3 Å². The molecule has 1 rings (SSSR count). The predicted molar refractivity (Wildman–Crippen MR) is 122 cm³/mol. The first-order valence-corrected chi connectivity index (χ1v) is 14.0. The Morgan fingerprint density at radius 2 is 0.750 bits per heavy atom. The van der Waals surface area contributed by atoms with E-state index in [2.05, 4.69) is 13.6 Å².